The number of anilines is 2. The number of halogens is 4. The quantitative estimate of drug-likeness (QED) is 0.816. The maximum absolute atomic E-state index is 13.5. The summed E-state index contributed by atoms with van der Waals surface area (Å²) < 4.78 is 39.6. The molecule has 0 fully saturated rings. The molecule has 0 saturated heterocycles. The second-order valence-corrected chi connectivity index (χ2v) is 4.79. The van der Waals surface area contributed by atoms with Gasteiger partial charge in [-0.25, -0.2) is 13.2 Å². The number of carbonyl (C=O) groups is 1. The number of amides is 1. The molecule has 2 aromatic rings. The van der Waals surface area contributed by atoms with E-state index in [1.807, 2.05) is 0 Å². The Morgan fingerprint density at radius 1 is 1.10 bits per heavy atom. The molecule has 0 aromatic heterocycles. The molecule has 0 unspecified atom stereocenters. The number of hydrogen-bond donors (Lipinski definition) is 2. The Labute approximate surface area is 120 Å². The van der Waals surface area contributed by atoms with Gasteiger partial charge >= 0.3 is 0 Å². The van der Waals surface area contributed by atoms with Crippen LogP contribution in [-0.4, -0.2) is 5.91 Å². The molecule has 0 aliphatic carbocycles. The monoisotopic (exact) mass is 344 g/mol. The Morgan fingerprint density at radius 3 is 2.45 bits per heavy atom. The number of hydrogen-bond acceptors (Lipinski definition) is 2. The number of nitrogens with one attached hydrogen (secondary N) is 1. The van der Waals surface area contributed by atoms with E-state index in [9.17, 15) is 18.0 Å². The molecule has 3 N–H and O–H groups in total. The molecule has 1 amide bonds. The van der Waals surface area contributed by atoms with Gasteiger partial charge in [-0.05, 0) is 40.2 Å². The third kappa shape index (κ3) is 2.93. The van der Waals surface area contributed by atoms with Gasteiger partial charge in [-0.3, -0.25) is 4.79 Å². The fraction of sp³-hybridized carbons (Fsp3) is 0. The van der Waals surface area contributed by atoms with Crippen LogP contribution in [0.1, 0.15) is 10.4 Å². The van der Waals surface area contributed by atoms with Gasteiger partial charge in [-0.2, -0.15) is 0 Å². The van der Waals surface area contributed by atoms with E-state index < -0.39 is 23.4 Å². The normalized spacial score (nSPS) is 10.4. The predicted molar refractivity (Wildman–Crippen MR) is 72.8 cm³/mol. The van der Waals surface area contributed by atoms with E-state index in [1.54, 1.807) is 0 Å². The standard InChI is InChI=1S/C13H8BrF3N2O/c14-8-3-6(15)1-2-7(8)13(20)19-12-5-11(18)9(16)4-10(12)17/h1-5H,18H2,(H,19,20). The van der Waals surface area contributed by atoms with Crippen molar-refractivity contribution >= 4 is 33.2 Å². The van der Waals surface area contributed by atoms with Crippen LogP contribution in [-0.2, 0) is 0 Å². The fourth-order valence-electron chi connectivity index (χ4n) is 1.52. The van der Waals surface area contributed by atoms with E-state index in [4.69, 9.17) is 5.73 Å². The molecule has 0 atom stereocenters. The van der Waals surface area contributed by atoms with E-state index in [1.165, 1.54) is 6.07 Å². The maximum atomic E-state index is 13.5. The highest BCUT2D eigenvalue weighted by atomic mass is 79.9. The molecule has 3 nitrogen and oxygen atoms in total. The third-order valence-electron chi connectivity index (χ3n) is 2.51. The number of rotatable bonds is 2. The molecule has 0 aliphatic heterocycles. The van der Waals surface area contributed by atoms with Crippen molar-refractivity contribution in [1.29, 1.82) is 0 Å². The lowest BCUT2D eigenvalue weighted by Gasteiger charge is -2.09. The van der Waals surface area contributed by atoms with Gasteiger partial charge in [0.2, 0.25) is 0 Å². The topological polar surface area (TPSA) is 55.1 Å². The van der Waals surface area contributed by atoms with Crippen LogP contribution in [0.5, 0.6) is 0 Å². The lowest BCUT2D eigenvalue weighted by Crippen LogP contribution is -2.14. The molecule has 0 saturated carbocycles. The summed E-state index contributed by atoms with van der Waals surface area (Å²) in [5.74, 6) is -3.07. The van der Waals surface area contributed by atoms with Crippen molar-refractivity contribution < 1.29 is 18.0 Å². The lowest BCUT2D eigenvalue weighted by molar-refractivity contribution is 0.102. The molecule has 0 bridgehead atoms. The van der Waals surface area contributed by atoms with Gasteiger partial charge < -0.3 is 11.1 Å². The largest absolute Gasteiger partial charge is 0.396 e. The van der Waals surface area contributed by atoms with Crippen LogP contribution in [0.15, 0.2) is 34.8 Å². The van der Waals surface area contributed by atoms with Gasteiger partial charge in [0.15, 0.2) is 0 Å². The third-order valence-corrected chi connectivity index (χ3v) is 3.17. The average Bonchev–Trinajstić information content (AvgIpc) is 2.35. The highest BCUT2D eigenvalue weighted by Crippen LogP contribution is 2.23. The van der Waals surface area contributed by atoms with Crippen molar-refractivity contribution in [2.75, 3.05) is 11.1 Å². The zero-order valence-corrected chi connectivity index (χ0v) is 11.5. The first-order valence-corrected chi connectivity index (χ1v) is 6.18. The maximum Gasteiger partial charge on any atom is 0.256 e. The molecule has 2 rings (SSSR count). The van der Waals surface area contributed by atoms with Gasteiger partial charge in [-0.15, -0.1) is 0 Å². The van der Waals surface area contributed by atoms with Gasteiger partial charge in [0.1, 0.15) is 17.5 Å². The molecule has 0 aliphatic rings. The fourth-order valence-corrected chi connectivity index (χ4v) is 2.06. The zero-order valence-electron chi connectivity index (χ0n) is 9.88. The summed E-state index contributed by atoms with van der Waals surface area (Å²) in [6.45, 7) is 0. The minimum absolute atomic E-state index is 0.105. The molecule has 0 radical (unpaired) electrons. The second kappa shape index (κ2) is 5.54. The number of nitrogens with two attached hydrogens (primary N) is 1. The Balaban J connectivity index is 2.30. The SMILES string of the molecule is Nc1cc(NC(=O)c2ccc(F)cc2Br)c(F)cc1F. The molecule has 7 heteroatoms. The van der Waals surface area contributed by atoms with E-state index >= 15 is 0 Å². The number of carbonyl (C=O) groups excluding carboxylic acids is 1. The smallest absolute Gasteiger partial charge is 0.256 e. The molecular formula is C13H8BrF3N2O. The van der Waals surface area contributed by atoms with Gasteiger partial charge in [0.05, 0.1) is 16.9 Å². The van der Waals surface area contributed by atoms with Crippen LogP contribution in [0, 0.1) is 17.5 Å². The first kappa shape index (κ1) is 14.4. The highest BCUT2D eigenvalue weighted by Gasteiger charge is 2.14. The van der Waals surface area contributed by atoms with Crippen molar-refractivity contribution in [3.63, 3.8) is 0 Å². The lowest BCUT2D eigenvalue weighted by atomic mass is 10.2. The van der Waals surface area contributed by atoms with Crippen molar-refractivity contribution in [3.05, 3.63) is 57.8 Å². The summed E-state index contributed by atoms with van der Waals surface area (Å²) in [6, 6.07) is 4.98. The van der Waals surface area contributed by atoms with Crippen LogP contribution in [0.2, 0.25) is 0 Å². The Morgan fingerprint density at radius 2 is 1.80 bits per heavy atom. The van der Waals surface area contributed by atoms with Gasteiger partial charge in [-0.1, -0.05) is 0 Å². The first-order chi connectivity index (χ1) is 9.38. The molecule has 0 spiro atoms. The van der Waals surface area contributed by atoms with Gasteiger partial charge in [0.25, 0.3) is 5.91 Å². The van der Waals surface area contributed by atoms with Crippen LogP contribution in [0.4, 0.5) is 24.5 Å². The summed E-state index contributed by atoms with van der Waals surface area (Å²) >= 11 is 3.03. The van der Waals surface area contributed by atoms with E-state index in [0.29, 0.717) is 6.07 Å². The van der Waals surface area contributed by atoms with E-state index in [2.05, 4.69) is 21.2 Å². The summed E-state index contributed by atoms with van der Waals surface area (Å²) in [7, 11) is 0. The minimum atomic E-state index is -0.955. The van der Waals surface area contributed by atoms with Crippen molar-refractivity contribution in [3.8, 4) is 0 Å². The van der Waals surface area contributed by atoms with Crippen molar-refractivity contribution in [2.45, 2.75) is 0 Å². The summed E-state index contributed by atoms with van der Waals surface area (Å²) in [5, 5.41) is 2.24. The Kier molecular flexibility index (Phi) is 3.99. The average molecular weight is 345 g/mol. The van der Waals surface area contributed by atoms with Crippen LogP contribution in [0.3, 0.4) is 0 Å². The highest BCUT2D eigenvalue weighted by molar-refractivity contribution is 9.10. The summed E-state index contributed by atoms with van der Waals surface area (Å²) in [5.41, 5.74) is 4.86. The molecule has 104 valence electrons. The number of benzene rings is 2. The second-order valence-electron chi connectivity index (χ2n) is 3.93. The number of nitrogen functional groups attached to an aromatic ring is 1. The Bertz CT molecular complexity index is 692. The van der Waals surface area contributed by atoms with Crippen LogP contribution >= 0.6 is 15.9 Å². The van der Waals surface area contributed by atoms with Crippen LogP contribution in [0.25, 0.3) is 0 Å². The molecular weight excluding hydrogens is 337 g/mol. The molecule has 0 heterocycles. The summed E-state index contributed by atoms with van der Waals surface area (Å²) in [4.78, 5) is 11.9. The minimum Gasteiger partial charge on any atom is -0.396 e. The Hall–Kier alpha value is -2.02. The predicted octanol–water partition coefficient (Wildman–Crippen LogP) is 3.70. The summed E-state index contributed by atoms with van der Waals surface area (Å²) in [6.07, 6.45) is 0. The van der Waals surface area contributed by atoms with Gasteiger partial charge in [0, 0.05) is 10.5 Å². The molecule has 2 aromatic carbocycles. The van der Waals surface area contributed by atoms with Crippen LogP contribution < -0.4 is 11.1 Å². The zero-order chi connectivity index (χ0) is 14.9. The van der Waals surface area contributed by atoms with Crippen molar-refractivity contribution in [2.24, 2.45) is 0 Å². The van der Waals surface area contributed by atoms with E-state index in [-0.39, 0.29) is 21.4 Å². The first-order valence-electron chi connectivity index (χ1n) is 5.39. The van der Waals surface area contributed by atoms with Crippen molar-refractivity contribution in [1.82, 2.24) is 0 Å². The van der Waals surface area contributed by atoms with E-state index in [0.717, 1.165) is 18.2 Å². The molecule has 20 heavy (non-hydrogen) atoms.